The lowest BCUT2D eigenvalue weighted by Crippen LogP contribution is -2.43. The van der Waals surface area contributed by atoms with Crippen molar-refractivity contribution in [3.05, 3.63) is 0 Å². The molecule has 0 spiro atoms. The van der Waals surface area contributed by atoms with Crippen molar-refractivity contribution in [1.29, 1.82) is 0 Å². The van der Waals surface area contributed by atoms with E-state index >= 15 is 0 Å². The first kappa shape index (κ1) is 8.20. The summed E-state index contributed by atoms with van der Waals surface area (Å²) in [6.45, 7) is 0. The molecule has 1 rings (SSSR count). The van der Waals surface area contributed by atoms with Crippen molar-refractivity contribution in [3.8, 4) is 0 Å². The van der Waals surface area contributed by atoms with Crippen molar-refractivity contribution in [2.24, 2.45) is 0 Å². The maximum absolute atomic E-state index is 10.9. The number of carbonyl (C=O) groups is 2. The van der Waals surface area contributed by atoms with Crippen LogP contribution in [-0.2, 0) is 14.3 Å². The van der Waals surface area contributed by atoms with Crippen molar-refractivity contribution in [3.63, 3.8) is 0 Å². The molecule has 0 bridgehead atoms. The lowest BCUT2D eigenvalue weighted by atomic mass is 10.0. The van der Waals surface area contributed by atoms with Crippen molar-refractivity contribution < 1.29 is 19.4 Å². The predicted octanol–water partition coefficient (Wildman–Crippen LogP) is -0.357. The molecule has 0 aromatic rings. The maximum Gasteiger partial charge on any atom is 0.345 e. The Labute approximate surface area is 64.2 Å². The molecular weight excluding hydrogens is 148 g/mol. The van der Waals surface area contributed by atoms with E-state index < -0.39 is 17.4 Å². The van der Waals surface area contributed by atoms with E-state index in [1.807, 2.05) is 0 Å². The molecule has 4 nitrogen and oxygen atoms in total. The number of carbonyl (C=O) groups excluding carboxylic acids is 2. The Hall–Kier alpha value is -0.900. The first-order valence-corrected chi connectivity index (χ1v) is 3.45. The highest BCUT2D eigenvalue weighted by Gasteiger charge is 2.47. The number of ether oxygens (including phenoxy) is 1. The van der Waals surface area contributed by atoms with E-state index in [9.17, 15) is 14.7 Å². The Morgan fingerprint density at radius 2 is 2.36 bits per heavy atom. The van der Waals surface area contributed by atoms with E-state index in [1.54, 1.807) is 0 Å². The summed E-state index contributed by atoms with van der Waals surface area (Å²) in [6, 6.07) is 0. The van der Waals surface area contributed by atoms with Gasteiger partial charge in [-0.3, -0.25) is 4.79 Å². The average molecular weight is 158 g/mol. The third-order valence-corrected chi connectivity index (χ3v) is 1.93. The third-order valence-electron chi connectivity index (χ3n) is 1.93. The second-order valence-electron chi connectivity index (χ2n) is 2.63. The Balaban J connectivity index is 2.80. The number of methoxy groups -OCH3 is 1. The molecule has 1 aliphatic carbocycles. The van der Waals surface area contributed by atoms with Crippen LogP contribution in [0.2, 0.25) is 0 Å². The fourth-order valence-corrected chi connectivity index (χ4v) is 1.24. The monoisotopic (exact) mass is 158 g/mol. The van der Waals surface area contributed by atoms with Crippen LogP contribution in [0.25, 0.3) is 0 Å². The van der Waals surface area contributed by atoms with E-state index in [0.29, 0.717) is 6.42 Å². The molecule has 62 valence electrons. The van der Waals surface area contributed by atoms with Gasteiger partial charge in [0.25, 0.3) is 0 Å². The van der Waals surface area contributed by atoms with Crippen LogP contribution < -0.4 is 0 Å². The highest BCUT2D eigenvalue weighted by Crippen LogP contribution is 2.26. The van der Waals surface area contributed by atoms with Crippen LogP contribution in [0.5, 0.6) is 0 Å². The van der Waals surface area contributed by atoms with Gasteiger partial charge < -0.3 is 9.84 Å². The van der Waals surface area contributed by atoms with E-state index in [-0.39, 0.29) is 12.8 Å². The number of esters is 1. The van der Waals surface area contributed by atoms with E-state index in [0.717, 1.165) is 7.11 Å². The molecule has 0 aliphatic heterocycles. The lowest BCUT2D eigenvalue weighted by molar-refractivity contribution is -0.165. The fourth-order valence-electron chi connectivity index (χ4n) is 1.24. The highest BCUT2D eigenvalue weighted by atomic mass is 16.5. The lowest BCUT2D eigenvalue weighted by Gasteiger charge is -2.15. The van der Waals surface area contributed by atoms with Crippen LogP contribution in [0, 0.1) is 0 Å². The summed E-state index contributed by atoms with van der Waals surface area (Å²) < 4.78 is 4.30. The number of hydrogen-bond acceptors (Lipinski definition) is 4. The summed E-state index contributed by atoms with van der Waals surface area (Å²) in [5.41, 5.74) is -1.84. The van der Waals surface area contributed by atoms with E-state index in [2.05, 4.69) is 4.74 Å². The SMILES string of the molecule is COC(=O)[C@]1(O)CCCC1=O. The summed E-state index contributed by atoms with van der Waals surface area (Å²) in [6.07, 6.45) is 1.02. The Morgan fingerprint density at radius 3 is 2.73 bits per heavy atom. The molecule has 1 aliphatic rings. The molecule has 11 heavy (non-hydrogen) atoms. The second-order valence-corrected chi connectivity index (χ2v) is 2.63. The van der Waals surface area contributed by atoms with Gasteiger partial charge in [-0.15, -0.1) is 0 Å². The molecule has 0 heterocycles. The summed E-state index contributed by atoms with van der Waals surface area (Å²) in [5, 5.41) is 9.40. The van der Waals surface area contributed by atoms with E-state index in [4.69, 9.17) is 0 Å². The number of ketones is 1. The highest BCUT2D eigenvalue weighted by molar-refractivity contribution is 6.08. The summed E-state index contributed by atoms with van der Waals surface area (Å²) in [7, 11) is 1.16. The zero-order valence-corrected chi connectivity index (χ0v) is 6.29. The molecular formula is C7H10O4. The van der Waals surface area contributed by atoms with Gasteiger partial charge in [0.15, 0.2) is 5.78 Å². The van der Waals surface area contributed by atoms with Crippen LogP contribution in [0.4, 0.5) is 0 Å². The van der Waals surface area contributed by atoms with Gasteiger partial charge in [0.1, 0.15) is 0 Å². The first-order chi connectivity index (χ1) is 5.11. The molecule has 4 heteroatoms. The third kappa shape index (κ3) is 1.14. The minimum absolute atomic E-state index is 0.193. The van der Waals surface area contributed by atoms with Crippen molar-refractivity contribution in [2.45, 2.75) is 24.9 Å². The molecule has 0 aromatic carbocycles. The molecule has 1 saturated carbocycles. The number of Topliss-reactive ketones (excluding diaryl/α,β-unsaturated/α-hetero) is 1. The van der Waals surface area contributed by atoms with Gasteiger partial charge in [-0.25, -0.2) is 4.79 Å². The van der Waals surface area contributed by atoms with Crippen LogP contribution in [-0.4, -0.2) is 29.6 Å². The second kappa shape index (κ2) is 2.62. The molecule has 1 fully saturated rings. The van der Waals surface area contributed by atoms with Crippen molar-refractivity contribution >= 4 is 11.8 Å². The maximum atomic E-state index is 10.9. The van der Waals surface area contributed by atoms with Crippen LogP contribution in [0.3, 0.4) is 0 Å². The number of rotatable bonds is 1. The topological polar surface area (TPSA) is 63.6 Å². The van der Waals surface area contributed by atoms with Gasteiger partial charge >= 0.3 is 5.97 Å². The molecule has 0 radical (unpaired) electrons. The summed E-state index contributed by atoms with van der Waals surface area (Å²) in [4.78, 5) is 21.8. The minimum atomic E-state index is -1.84. The largest absolute Gasteiger partial charge is 0.467 e. The first-order valence-electron chi connectivity index (χ1n) is 3.45. The van der Waals surface area contributed by atoms with Crippen LogP contribution >= 0.6 is 0 Å². The Bertz CT molecular complexity index is 199. The number of aliphatic hydroxyl groups is 1. The molecule has 1 N–H and O–H groups in total. The summed E-state index contributed by atoms with van der Waals surface area (Å²) >= 11 is 0. The van der Waals surface area contributed by atoms with Gasteiger partial charge in [0.05, 0.1) is 7.11 Å². The number of hydrogen-bond donors (Lipinski definition) is 1. The quantitative estimate of drug-likeness (QED) is 0.418. The van der Waals surface area contributed by atoms with Gasteiger partial charge in [0.2, 0.25) is 5.60 Å². The standard InChI is InChI=1S/C7H10O4/c1-11-6(9)7(10)4-2-3-5(7)8/h10H,2-4H2,1H3/t7-/m0/s1. The van der Waals surface area contributed by atoms with Crippen molar-refractivity contribution in [2.75, 3.05) is 7.11 Å². The summed E-state index contributed by atoms with van der Waals surface area (Å²) in [5.74, 6) is -1.26. The molecule has 0 saturated heterocycles. The Morgan fingerprint density at radius 1 is 1.73 bits per heavy atom. The van der Waals surface area contributed by atoms with E-state index in [1.165, 1.54) is 0 Å². The van der Waals surface area contributed by atoms with Crippen LogP contribution in [0.1, 0.15) is 19.3 Å². The Kier molecular flexibility index (Phi) is 1.95. The van der Waals surface area contributed by atoms with Gasteiger partial charge in [-0.05, 0) is 12.8 Å². The fraction of sp³-hybridized carbons (Fsp3) is 0.714. The molecule has 1 atom stereocenters. The zero-order valence-electron chi connectivity index (χ0n) is 6.29. The smallest absolute Gasteiger partial charge is 0.345 e. The minimum Gasteiger partial charge on any atom is -0.467 e. The molecule has 0 unspecified atom stereocenters. The molecule has 0 aromatic heterocycles. The van der Waals surface area contributed by atoms with Gasteiger partial charge in [-0.1, -0.05) is 0 Å². The van der Waals surface area contributed by atoms with Crippen molar-refractivity contribution in [1.82, 2.24) is 0 Å². The average Bonchev–Trinajstić information content (AvgIpc) is 2.32. The molecule has 0 amide bonds. The predicted molar refractivity (Wildman–Crippen MR) is 35.8 cm³/mol. The van der Waals surface area contributed by atoms with Gasteiger partial charge in [0, 0.05) is 6.42 Å². The normalized spacial score (nSPS) is 30.5. The van der Waals surface area contributed by atoms with Gasteiger partial charge in [-0.2, -0.15) is 0 Å². The zero-order chi connectivity index (χ0) is 8.48. The van der Waals surface area contributed by atoms with Crippen LogP contribution in [0.15, 0.2) is 0 Å².